The SMILES string of the molecule is CCCCN(C(=O)c1cnn(-c2ccc(C(F)(F)F)cn2)c1C)C1CCS(=O)(=O)C1. The molecule has 11 heteroatoms. The van der Waals surface area contributed by atoms with Gasteiger partial charge in [-0.15, -0.1) is 0 Å². The van der Waals surface area contributed by atoms with Crippen molar-refractivity contribution >= 4 is 15.7 Å². The highest BCUT2D eigenvalue weighted by atomic mass is 32.2. The van der Waals surface area contributed by atoms with E-state index in [1.807, 2.05) is 6.92 Å². The monoisotopic (exact) mass is 444 g/mol. The van der Waals surface area contributed by atoms with Crippen molar-refractivity contribution in [3.05, 3.63) is 41.3 Å². The van der Waals surface area contributed by atoms with Gasteiger partial charge >= 0.3 is 6.18 Å². The van der Waals surface area contributed by atoms with E-state index in [2.05, 4.69) is 10.1 Å². The number of carbonyl (C=O) groups is 1. The van der Waals surface area contributed by atoms with Crippen LogP contribution in [0.5, 0.6) is 0 Å². The molecule has 2 aromatic heterocycles. The molecule has 1 aliphatic heterocycles. The average Bonchev–Trinajstić information content (AvgIpc) is 3.23. The Morgan fingerprint density at radius 3 is 2.57 bits per heavy atom. The Kier molecular flexibility index (Phi) is 6.21. The second-order valence-electron chi connectivity index (χ2n) is 7.37. The molecule has 0 saturated carbocycles. The maximum absolute atomic E-state index is 13.2. The molecule has 1 atom stereocenters. The number of hydrogen-bond donors (Lipinski definition) is 0. The van der Waals surface area contributed by atoms with Crippen LogP contribution in [0.15, 0.2) is 24.5 Å². The Morgan fingerprint density at radius 2 is 2.03 bits per heavy atom. The zero-order chi connectivity index (χ0) is 22.1. The molecule has 1 saturated heterocycles. The summed E-state index contributed by atoms with van der Waals surface area (Å²) in [5, 5.41) is 4.12. The highest BCUT2D eigenvalue weighted by molar-refractivity contribution is 7.91. The fourth-order valence-corrected chi connectivity index (χ4v) is 5.21. The van der Waals surface area contributed by atoms with Gasteiger partial charge in [-0.05, 0) is 31.9 Å². The fraction of sp³-hybridized carbons (Fsp3) is 0.526. The lowest BCUT2D eigenvalue weighted by Crippen LogP contribution is -2.42. The van der Waals surface area contributed by atoms with E-state index in [1.54, 1.807) is 11.8 Å². The lowest BCUT2D eigenvalue weighted by molar-refractivity contribution is -0.137. The maximum atomic E-state index is 13.2. The molecule has 1 aliphatic rings. The van der Waals surface area contributed by atoms with Crippen molar-refractivity contribution < 1.29 is 26.4 Å². The Balaban J connectivity index is 1.88. The van der Waals surface area contributed by atoms with E-state index in [0.717, 1.165) is 25.1 Å². The molecule has 164 valence electrons. The Morgan fingerprint density at radius 1 is 1.30 bits per heavy atom. The molecule has 2 aromatic rings. The van der Waals surface area contributed by atoms with Crippen LogP contribution >= 0.6 is 0 Å². The summed E-state index contributed by atoms with van der Waals surface area (Å²) in [7, 11) is -3.16. The molecule has 3 rings (SSSR count). The number of unbranched alkanes of at least 4 members (excludes halogenated alkanes) is 1. The Bertz CT molecular complexity index is 1020. The lowest BCUT2D eigenvalue weighted by Gasteiger charge is -2.28. The quantitative estimate of drug-likeness (QED) is 0.684. The van der Waals surface area contributed by atoms with E-state index in [1.165, 1.54) is 16.9 Å². The standard InChI is InChI=1S/C19H23F3N4O3S/c1-3-4-8-25(15-7-9-30(28,29)12-15)18(27)16-11-24-26(13(16)2)17-6-5-14(10-23-17)19(20,21)22/h5-6,10-11,15H,3-4,7-9,12H2,1-2H3. The summed E-state index contributed by atoms with van der Waals surface area (Å²) in [6, 6.07) is 1.71. The van der Waals surface area contributed by atoms with Gasteiger partial charge in [0.1, 0.15) is 0 Å². The molecule has 30 heavy (non-hydrogen) atoms. The third-order valence-electron chi connectivity index (χ3n) is 5.20. The molecule has 0 bridgehead atoms. The summed E-state index contributed by atoms with van der Waals surface area (Å²) in [5.41, 5.74) is -0.174. The summed E-state index contributed by atoms with van der Waals surface area (Å²) in [4.78, 5) is 18.6. The van der Waals surface area contributed by atoms with Gasteiger partial charge in [-0.2, -0.15) is 18.3 Å². The number of pyridine rings is 1. The molecule has 0 spiro atoms. The van der Waals surface area contributed by atoms with Crippen LogP contribution in [0.1, 0.15) is 47.8 Å². The van der Waals surface area contributed by atoms with Crippen LogP contribution in [0.2, 0.25) is 0 Å². The topological polar surface area (TPSA) is 85.2 Å². The maximum Gasteiger partial charge on any atom is 0.417 e. The van der Waals surface area contributed by atoms with Gasteiger partial charge in [0.05, 0.1) is 34.5 Å². The van der Waals surface area contributed by atoms with Crippen molar-refractivity contribution in [3.8, 4) is 5.82 Å². The van der Waals surface area contributed by atoms with Crippen LogP contribution in [-0.4, -0.2) is 58.1 Å². The molecule has 0 aromatic carbocycles. The van der Waals surface area contributed by atoms with Gasteiger partial charge in [-0.3, -0.25) is 4.79 Å². The van der Waals surface area contributed by atoms with Crippen molar-refractivity contribution in [1.82, 2.24) is 19.7 Å². The van der Waals surface area contributed by atoms with Gasteiger partial charge in [-0.25, -0.2) is 18.1 Å². The van der Waals surface area contributed by atoms with Gasteiger partial charge in [0, 0.05) is 18.8 Å². The Hall–Kier alpha value is -2.43. The normalized spacial score (nSPS) is 18.5. The summed E-state index contributed by atoms with van der Waals surface area (Å²) in [6.07, 6.45) is -0.458. The van der Waals surface area contributed by atoms with Gasteiger partial charge in [0.25, 0.3) is 5.91 Å². The van der Waals surface area contributed by atoms with Crippen LogP contribution in [-0.2, 0) is 16.0 Å². The average molecular weight is 444 g/mol. The summed E-state index contributed by atoms with van der Waals surface area (Å²) in [6.45, 7) is 4.04. The third kappa shape index (κ3) is 4.66. The number of rotatable bonds is 6. The van der Waals surface area contributed by atoms with Crippen molar-refractivity contribution in [3.63, 3.8) is 0 Å². The number of nitrogens with zero attached hydrogens (tertiary/aromatic N) is 4. The number of sulfone groups is 1. The van der Waals surface area contributed by atoms with E-state index >= 15 is 0 Å². The first-order chi connectivity index (χ1) is 14.0. The first-order valence-electron chi connectivity index (χ1n) is 9.63. The van der Waals surface area contributed by atoms with Crippen LogP contribution < -0.4 is 0 Å². The van der Waals surface area contributed by atoms with E-state index in [9.17, 15) is 26.4 Å². The molecule has 1 amide bonds. The van der Waals surface area contributed by atoms with E-state index in [-0.39, 0.29) is 34.8 Å². The highest BCUT2D eigenvalue weighted by Crippen LogP contribution is 2.29. The lowest BCUT2D eigenvalue weighted by atomic mass is 10.1. The largest absolute Gasteiger partial charge is 0.417 e. The van der Waals surface area contributed by atoms with Crippen LogP contribution in [0.25, 0.3) is 5.82 Å². The smallest absolute Gasteiger partial charge is 0.335 e. The highest BCUT2D eigenvalue weighted by Gasteiger charge is 2.36. The molecule has 0 aliphatic carbocycles. The molecule has 1 fully saturated rings. The van der Waals surface area contributed by atoms with Crippen molar-refractivity contribution in [2.24, 2.45) is 0 Å². The second-order valence-corrected chi connectivity index (χ2v) is 9.60. The van der Waals surface area contributed by atoms with Gasteiger partial charge in [-0.1, -0.05) is 13.3 Å². The molecule has 3 heterocycles. The van der Waals surface area contributed by atoms with E-state index in [0.29, 0.717) is 18.7 Å². The fourth-order valence-electron chi connectivity index (χ4n) is 3.48. The predicted molar refractivity (Wildman–Crippen MR) is 104 cm³/mol. The minimum atomic E-state index is -4.49. The van der Waals surface area contributed by atoms with Crippen LogP contribution in [0.3, 0.4) is 0 Å². The van der Waals surface area contributed by atoms with Crippen molar-refractivity contribution in [1.29, 1.82) is 0 Å². The van der Waals surface area contributed by atoms with Crippen molar-refractivity contribution in [2.45, 2.75) is 45.3 Å². The predicted octanol–water partition coefficient (Wildman–Crippen LogP) is 3.02. The van der Waals surface area contributed by atoms with Gasteiger partial charge < -0.3 is 4.90 Å². The zero-order valence-corrected chi connectivity index (χ0v) is 17.5. The number of amides is 1. The number of halogens is 3. The van der Waals surface area contributed by atoms with E-state index < -0.39 is 21.6 Å². The van der Waals surface area contributed by atoms with Crippen molar-refractivity contribution in [2.75, 3.05) is 18.1 Å². The molecular weight excluding hydrogens is 421 g/mol. The van der Waals surface area contributed by atoms with Gasteiger partial charge in [0.2, 0.25) is 0 Å². The minimum Gasteiger partial charge on any atom is -0.335 e. The molecule has 0 radical (unpaired) electrons. The minimum absolute atomic E-state index is 0.0568. The molecular formula is C19H23F3N4O3S. The summed E-state index contributed by atoms with van der Waals surface area (Å²) < 4.78 is 63.3. The zero-order valence-electron chi connectivity index (χ0n) is 16.7. The van der Waals surface area contributed by atoms with E-state index in [4.69, 9.17) is 0 Å². The molecule has 0 N–H and O–H groups in total. The van der Waals surface area contributed by atoms with Crippen LogP contribution in [0, 0.1) is 6.92 Å². The summed E-state index contributed by atoms with van der Waals surface area (Å²) in [5.74, 6) is -0.179. The first kappa shape index (κ1) is 22.3. The molecule has 7 nitrogen and oxygen atoms in total. The van der Waals surface area contributed by atoms with Crippen LogP contribution in [0.4, 0.5) is 13.2 Å². The number of hydrogen-bond acceptors (Lipinski definition) is 5. The third-order valence-corrected chi connectivity index (χ3v) is 6.95. The number of alkyl halides is 3. The number of aromatic nitrogens is 3. The molecule has 1 unspecified atom stereocenters. The number of carbonyl (C=O) groups excluding carboxylic acids is 1. The Labute approximate surface area is 172 Å². The second kappa shape index (κ2) is 8.37. The van der Waals surface area contributed by atoms with Gasteiger partial charge in [0.15, 0.2) is 15.7 Å². The summed E-state index contributed by atoms with van der Waals surface area (Å²) >= 11 is 0. The first-order valence-corrected chi connectivity index (χ1v) is 11.5.